The van der Waals surface area contributed by atoms with Crippen LogP contribution in [0.5, 0.6) is 0 Å². The lowest BCUT2D eigenvalue weighted by Crippen LogP contribution is -2.23. The Bertz CT molecular complexity index is 463. The van der Waals surface area contributed by atoms with Crippen molar-refractivity contribution in [3.63, 3.8) is 0 Å². The van der Waals surface area contributed by atoms with Crippen LogP contribution in [0.1, 0.15) is 42.0 Å². The third-order valence-corrected chi connectivity index (χ3v) is 3.21. The van der Waals surface area contributed by atoms with E-state index in [0.29, 0.717) is 12.0 Å². The molecule has 1 rings (SSSR count). The van der Waals surface area contributed by atoms with Crippen LogP contribution in [0.15, 0.2) is 12.1 Å². The minimum Gasteiger partial charge on any atom is -0.480 e. The number of carbonyl (C=O) groups is 2. The maximum atomic E-state index is 11.1. The van der Waals surface area contributed by atoms with Gasteiger partial charge in [-0.3, -0.25) is 9.59 Å². The summed E-state index contributed by atoms with van der Waals surface area (Å²) in [7, 11) is 0. The smallest absolute Gasteiger partial charge is 0.322 e. The van der Waals surface area contributed by atoms with Crippen molar-refractivity contribution in [2.24, 2.45) is 0 Å². The van der Waals surface area contributed by atoms with E-state index in [0.717, 1.165) is 23.1 Å². The maximum Gasteiger partial charge on any atom is 0.322 e. The van der Waals surface area contributed by atoms with Gasteiger partial charge in [0.1, 0.15) is 0 Å². The molecule has 0 radical (unpaired) electrons. The first-order valence-electron chi connectivity index (χ1n) is 6.00. The number of aryl methyl sites for hydroxylation is 1. The highest BCUT2D eigenvalue weighted by atomic mass is 16.4. The Hall–Kier alpha value is -1.84. The van der Waals surface area contributed by atoms with E-state index in [2.05, 4.69) is 0 Å². The molecule has 0 saturated carbocycles. The Morgan fingerprint density at radius 1 is 1.06 bits per heavy atom. The van der Waals surface area contributed by atoms with Gasteiger partial charge in [0.25, 0.3) is 0 Å². The topological polar surface area (TPSA) is 74.6 Å². The average molecular weight is 250 g/mol. The third kappa shape index (κ3) is 2.53. The van der Waals surface area contributed by atoms with Gasteiger partial charge in [-0.25, -0.2) is 0 Å². The second-order valence-electron chi connectivity index (χ2n) is 4.25. The van der Waals surface area contributed by atoms with Crippen LogP contribution in [0, 0.1) is 6.92 Å². The standard InChI is InChI=1S/C14H18O4/c1-4-9-8(3)6-7-11(10(9)5-2)12(13(15)16)14(17)18/h6-7,12H,4-5H2,1-3H3,(H,15,16)(H,17,18). The summed E-state index contributed by atoms with van der Waals surface area (Å²) in [6.45, 7) is 5.86. The number of hydrogen-bond donors (Lipinski definition) is 2. The van der Waals surface area contributed by atoms with Crippen LogP contribution in [0.25, 0.3) is 0 Å². The molecule has 0 bridgehead atoms. The lowest BCUT2D eigenvalue weighted by molar-refractivity contribution is -0.150. The molecular weight excluding hydrogens is 232 g/mol. The molecule has 98 valence electrons. The fourth-order valence-corrected chi connectivity index (χ4v) is 2.38. The second kappa shape index (κ2) is 5.67. The van der Waals surface area contributed by atoms with Crippen molar-refractivity contribution >= 4 is 11.9 Å². The molecule has 18 heavy (non-hydrogen) atoms. The first-order valence-corrected chi connectivity index (χ1v) is 6.00. The van der Waals surface area contributed by atoms with E-state index in [9.17, 15) is 9.59 Å². The minimum absolute atomic E-state index is 0.403. The summed E-state index contributed by atoms with van der Waals surface area (Å²) in [4.78, 5) is 22.2. The lowest BCUT2D eigenvalue weighted by Gasteiger charge is -2.18. The van der Waals surface area contributed by atoms with Crippen molar-refractivity contribution in [1.29, 1.82) is 0 Å². The van der Waals surface area contributed by atoms with Crippen LogP contribution < -0.4 is 0 Å². The lowest BCUT2D eigenvalue weighted by atomic mass is 9.86. The highest BCUT2D eigenvalue weighted by Crippen LogP contribution is 2.27. The number of hydrogen-bond acceptors (Lipinski definition) is 2. The van der Waals surface area contributed by atoms with E-state index >= 15 is 0 Å². The molecule has 0 aliphatic carbocycles. The van der Waals surface area contributed by atoms with Gasteiger partial charge < -0.3 is 10.2 Å². The first-order chi connectivity index (χ1) is 8.43. The molecule has 0 fully saturated rings. The molecule has 0 aliphatic rings. The number of carboxylic acid groups (broad SMARTS) is 2. The summed E-state index contributed by atoms with van der Waals surface area (Å²) < 4.78 is 0. The second-order valence-corrected chi connectivity index (χ2v) is 4.25. The van der Waals surface area contributed by atoms with E-state index in [1.807, 2.05) is 20.8 Å². The molecule has 2 N–H and O–H groups in total. The van der Waals surface area contributed by atoms with Gasteiger partial charge in [-0.15, -0.1) is 0 Å². The zero-order valence-electron chi connectivity index (χ0n) is 10.9. The normalized spacial score (nSPS) is 10.7. The summed E-state index contributed by atoms with van der Waals surface area (Å²) in [6, 6.07) is 3.42. The Labute approximate surface area is 106 Å². The molecule has 0 saturated heterocycles. The van der Waals surface area contributed by atoms with E-state index in [1.165, 1.54) is 0 Å². The van der Waals surface area contributed by atoms with Crippen LogP contribution in [-0.4, -0.2) is 22.2 Å². The average Bonchev–Trinajstić information content (AvgIpc) is 2.29. The summed E-state index contributed by atoms with van der Waals surface area (Å²) in [5.74, 6) is -4.11. The molecule has 0 aromatic heterocycles. The molecule has 0 amide bonds. The highest BCUT2D eigenvalue weighted by molar-refractivity contribution is 5.99. The SMILES string of the molecule is CCc1c(C)ccc(C(C(=O)O)C(=O)O)c1CC. The predicted molar refractivity (Wildman–Crippen MR) is 67.9 cm³/mol. The van der Waals surface area contributed by atoms with Crippen LogP contribution in [0.2, 0.25) is 0 Å². The van der Waals surface area contributed by atoms with Gasteiger partial charge in [0.15, 0.2) is 5.92 Å². The molecule has 0 atom stereocenters. The van der Waals surface area contributed by atoms with Crippen LogP contribution >= 0.6 is 0 Å². The van der Waals surface area contributed by atoms with Crippen molar-refractivity contribution in [2.45, 2.75) is 39.5 Å². The Balaban J connectivity index is 3.48. The molecule has 0 spiro atoms. The number of aliphatic carboxylic acids is 2. The monoisotopic (exact) mass is 250 g/mol. The van der Waals surface area contributed by atoms with Crippen molar-refractivity contribution in [1.82, 2.24) is 0 Å². The molecule has 4 nitrogen and oxygen atoms in total. The summed E-state index contributed by atoms with van der Waals surface area (Å²) in [5, 5.41) is 18.1. The summed E-state index contributed by atoms with van der Waals surface area (Å²) in [6.07, 6.45) is 1.41. The number of carboxylic acids is 2. The predicted octanol–water partition coefficient (Wildman–Crippen LogP) is 2.37. The molecular formula is C14H18O4. The molecule has 0 unspecified atom stereocenters. The van der Waals surface area contributed by atoms with Gasteiger partial charge in [-0.05, 0) is 42.0 Å². The van der Waals surface area contributed by atoms with Crippen molar-refractivity contribution in [2.75, 3.05) is 0 Å². The zero-order chi connectivity index (χ0) is 13.9. The third-order valence-electron chi connectivity index (χ3n) is 3.21. The van der Waals surface area contributed by atoms with Gasteiger partial charge in [0, 0.05) is 0 Å². The maximum absolute atomic E-state index is 11.1. The van der Waals surface area contributed by atoms with Crippen molar-refractivity contribution in [3.8, 4) is 0 Å². The Morgan fingerprint density at radius 3 is 1.94 bits per heavy atom. The molecule has 1 aromatic rings. The molecule has 1 aromatic carbocycles. The van der Waals surface area contributed by atoms with E-state index in [4.69, 9.17) is 10.2 Å². The fourth-order valence-electron chi connectivity index (χ4n) is 2.38. The van der Waals surface area contributed by atoms with Crippen LogP contribution in [0.3, 0.4) is 0 Å². The van der Waals surface area contributed by atoms with E-state index in [1.54, 1.807) is 12.1 Å². The first kappa shape index (κ1) is 14.2. The van der Waals surface area contributed by atoms with Gasteiger partial charge >= 0.3 is 11.9 Å². The van der Waals surface area contributed by atoms with Crippen molar-refractivity contribution < 1.29 is 19.8 Å². The van der Waals surface area contributed by atoms with Gasteiger partial charge in [0.2, 0.25) is 0 Å². The number of rotatable bonds is 5. The quantitative estimate of drug-likeness (QED) is 0.787. The van der Waals surface area contributed by atoms with Crippen molar-refractivity contribution in [3.05, 3.63) is 34.4 Å². The van der Waals surface area contributed by atoms with Gasteiger partial charge in [-0.2, -0.15) is 0 Å². The fraction of sp³-hybridized carbons (Fsp3) is 0.429. The van der Waals surface area contributed by atoms with E-state index in [-0.39, 0.29) is 0 Å². The number of benzene rings is 1. The Morgan fingerprint density at radius 2 is 1.56 bits per heavy atom. The minimum atomic E-state index is -1.48. The Kier molecular flexibility index (Phi) is 4.48. The van der Waals surface area contributed by atoms with Gasteiger partial charge in [-0.1, -0.05) is 26.0 Å². The molecule has 0 heterocycles. The zero-order valence-corrected chi connectivity index (χ0v) is 10.9. The van der Waals surface area contributed by atoms with Crippen LogP contribution in [-0.2, 0) is 22.4 Å². The summed E-state index contributed by atoms with van der Waals surface area (Å²) >= 11 is 0. The van der Waals surface area contributed by atoms with Gasteiger partial charge in [0.05, 0.1) is 0 Å². The molecule has 0 aliphatic heterocycles. The summed E-state index contributed by atoms with van der Waals surface area (Å²) in [5.41, 5.74) is 3.39. The highest BCUT2D eigenvalue weighted by Gasteiger charge is 2.30. The van der Waals surface area contributed by atoms with Crippen LogP contribution in [0.4, 0.5) is 0 Å². The van der Waals surface area contributed by atoms with E-state index < -0.39 is 17.9 Å². The molecule has 4 heteroatoms. The largest absolute Gasteiger partial charge is 0.480 e.